The van der Waals surface area contributed by atoms with Crippen molar-refractivity contribution in [2.45, 2.75) is 50.8 Å². The second-order valence-electron chi connectivity index (χ2n) is 8.08. The van der Waals surface area contributed by atoms with Gasteiger partial charge in [0.25, 0.3) is 5.91 Å². The number of Topliss-reactive ketones (excluding diaryl/α,β-unsaturated/α-hetero) is 1. The van der Waals surface area contributed by atoms with Gasteiger partial charge in [0.2, 0.25) is 0 Å². The van der Waals surface area contributed by atoms with Crippen LogP contribution in [0.2, 0.25) is 0 Å². The van der Waals surface area contributed by atoms with Gasteiger partial charge in [0.15, 0.2) is 0 Å². The van der Waals surface area contributed by atoms with Crippen molar-refractivity contribution in [1.82, 2.24) is 0 Å². The summed E-state index contributed by atoms with van der Waals surface area (Å²) in [5.41, 5.74) is 1.38. The first-order valence-corrected chi connectivity index (χ1v) is 11.4. The number of thioether (sulfide) groups is 1. The van der Waals surface area contributed by atoms with Crippen LogP contribution in [-0.2, 0) is 9.59 Å². The molecular weight excluding hydrogens is 398 g/mol. The lowest BCUT2D eigenvalue weighted by Gasteiger charge is -2.30. The molecule has 3 unspecified atom stereocenters. The minimum Gasteiger partial charge on any atom is -0.491 e. The highest BCUT2D eigenvalue weighted by Gasteiger charge is 2.53. The number of carbonyl (C=O) groups excluding carboxylic acids is 2. The number of aliphatic hydroxyl groups excluding tert-OH is 1. The van der Waals surface area contributed by atoms with Crippen LogP contribution in [-0.4, -0.2) is 35.3 Å². The normalized spacial score (nSPS) is 21.5. The molecule has 1 N–H and O–H groups in total. The molecule has 0 aromatic heterocycles. The van der Waals surface area contributed by atoms with Gasteiger partial charge in [-0.3, -0.25) is 9.59 Å². The molecule has 2 aromatic rings. The summed E-state index contributed by atoms with van der Waals surface area (Å²) in [5.74, 6) is -1.16. The molecule has 0 spiro atoms. The molecule has 3 atom stereocenters. The van der Waals surface area contributed by atoms with Crippen molar-refractivity contribution >= 4 is 29.1 Å². The molecule has 1 aliphatic rings. The van der Waals surface area contributed by atoms with E-state index in [0.717, 1.165) is 10.5 Å². The summed E-state index contributed by atoms with van der Waals surface area (Å²) in [6.07, 6.45) is 0.526. The SMILES string of the molecule is CSc1ccc(N2C(=O)C(O)C(C(=O)C(C)C)C2c2ccccc2OC(C)C)cc1. The van der Waals surface area contributed by atoms with Crippen LogP contribution in [0.1, 0.15) is 39.3 Å². The number of rotatable bonds is 7. The summed E-state index contributed by atoms with van der Waals surface area (Å²) in [6, 6.07) is 14.4. The molecular formula is C24H29NO4S. The second-order valence-corrected chi connectivity index (χ2v) is 8.96. The Balaban J connectivity index is 2.17. The van der Waals surface area contributed by atoms with Gasteiger partial charge in [-0.15, -0.1) is 11.8 Å². The first kappa shape index (κ1) is 22.4. The molecule has 1 amide bonds. The Morgan fingerprint density at radius 3 is 2.27 bits per heavy atom. The Bertz CT molecular complexity index is 910. The van der Waals surface area contributed by atoms with E-state index in [4.69, 9.17) is 4.74 Å². The lowest BCUT2D eigenvalue weighted by atomic mass is 9.84. The average Bonchev–Trinajstić information content (AvgIpc) is 2.98. The molecule has 2 aromatic carbocycles. The molecule has 0 saturated carbocycles. The molecule has 30 heavy (non-hydrogen) atoms. The van der Waals surface area contributed by atoms with Crippen LogP contribution in [0.4, 0.5) is 5.69 Å². The summed E-state index contributed by atoms with van der Waals surface area (Å²) in [7, 11) is 0. The number of ketones is 1. The summed E-state index contributed by atoms with van der Waals surface area (Å²) < 4.78 is 6.00. The average molecular weight is 428 g/mol. The molecule has 6 heteroatoms. The van der Waals surface area contributed by atoms with Crippen LogP contribution in [0.3, 0.4) is 0 Å². The number of para-hydroxylation sites is 1. The third-order valence-electron chi connectivity index (χ3n) is 5.30. The maximum absolute atomic E-state index is 13.2. The molecule has 3 rings (SSSR count). The van der Waals surface area contributed by atoms with Gasteiger partial charge >= 0.3 is 0 Å². The fourth-order valence-electron chi connectivity index (χ4n) is 3.91. The smallest absolute Gasteiger partial charge is 0.257 e. The van der Waals surface area contributed by atoms with E-state index in [1.807, 2.05) is 68.6 Å². The summed E-state index contributed by atoms with van der Waals surface area (Å²) >= 11 is 1.61. The number of anilines is 1. The standard InChI is InChI=1S/C24H29NO4S/c1-14(2)22(26)20-21(18-8-6-7-9-19(18)29-15(3)4)25(24(28)23(20)27)16-10-12-17(30-5)13-11-16/h6-15,20-21,23,27H,1-5H3. The zero-order valence-corrected chi connectivity index (χ0v) is 18.8. The number of hydrogen-bond acceptors (Lipinski definition) is 5. The Kier molecular flexibility index (Phi) is 6.88. The van der Waals surface area contributed by atoms with Crippen molar-refractivity contribution in [3.8, 4) is 5.75 Å². The fraction of sp³-hybridized carbons (Fsp3) is 0.417. The summed E-state index contributed by atoms with van der Waals surface area (Å²) in [5, 5.41) is 10.9. The molecule has 1 fully saturated rings. The summed E-state index contributed by atoms with van der Waals surface area (Å²) in [6.45, 7) is 7.45. The van der Waals surface area contributed by atoms with Crippen LogP contribution in [0.15, 0.2) is 53.4 Å². The first-order chi connectivity index (χ1) is 14.3. The minimum absolute atomic E-state index is 0.0678. The molecule has 5 nitrogen and oxygen atoms in total. The largest absolute Gasteiger partial charge is 0.491 e. The van der Waals surface area contributed by atoms with Gasteiger partial charge in [-0.2, -0.15) is 0 Å². The number of ether oxygens (including phenoxy) is 1. The zero-order chi connectivity index (χ0) is 22.0. The third-order valence-corrected chi connectivity index (χ3v) is 6.04. The number of benzene rings is 2. The number of aliphatic hydroxyl groups is 1. The molecule has 0 bridgehead atoms. The predicted molar refractivity (Wildman–Crippen MR) is 120 cm³/mol. The zero-order valence-electron chi connectivity index (χ0n) is 18.0. The van der Waals surface area contributed by atoms with Crippen molar-refractivity contribution in [3.63, 3.8) is 0 Å². The molecule has 0 aliphatic carbocycles. The van der Waals surface area contributed by atoms with E-state index in [1.165, 1.54) is 0 Å². The van der Waals surface area contributed by atoms with E-state index >= 15 is 0 Å². The Hall–Kier alpha value is -2.31. The van der Waals surface area contributed by atoms with Gasteiger partial charge < -0.3 is 14.7 Å². The van der Waals surface area contributed by atoms with E-state index in [1.54, 1.807) is 30.5 Å². The van der Waals surface area contributed by atoms with Crippen LogP contribution >= 0.6 is 11.8 Å². The van der Waals surface area contributed by atoms with Gasteiger partial charge in [-0.1, -0.05) is 32.0 Å². The van der Waals surface area contributed by atoms with Crippen LogP contribution in [0.5, 0.6) is 5.75 Å². The van der Waals surface area contributed by atoms with Crippen molar-refractivity contribution in [3.05, 3.63) is 54.1 Å². The second kappa shape index (κ2) is 9.23. The fourth-order valence-corrected chi connectivity index (χ4v) is 4.32. The van der Waals surface area contributed by atoms with Gasteiger partial charge in [-0.25, -0.2) is 0 Å². The van der Waals surface area contributed by atoms with E-state index in [-0.39, 0.29) is 17.8 Å². The maximum Gasteiger partial charge on any atom is 0.257 e. The van der Waals surface area contributed by atoms with Gasteiger partial charge in [-0.05, 0) is 50.4 Å². The minimum atomic E-state index is -1.39. The maximum atomic E-state index is 13.2. The molecule has 0 radical (unpaired) electrons. The number of amides is 1. The van der Waals surface area contributed by atoms with Crippen LogP contribution < -0.4 is 9.64 Å². The van der Waals surface area contributed by atoms with E-state index in [9.17, 15) is 14.7 Å². The van der Waals surface area contributed by atoms with E-state index < -0.39 is 24.0 Å². The third kappa shape index (κ3) is 4.25. The Morgan fingerprint density at radius 2 is 1.70 bits per heavy atom. The highest BCUT2D eigenvalue weighted by Crippen LogP contribution is 2.46. The molecule has 1 aliphatic heterocycles. The molecule has 160 valence electrons. The van der Waals surface area contributed by atoms with Crippen molar-refractivity contribution in [1.29, 1.82) is 0 Å². The van der Waals surface area contributed by atoms with Crippen LogP contribution in [0, 0.1) is 11.8 Å². The van der Waals surface area contributed by atoms with Crippen molar-refractivity contribution in [2.75, 3.05) is 11.2 Å². The van der Waals surface area contributed by atoms with Crippen molar-refractivity contribution in [2.24, 2.45) is 11.8 Å². The van der Waals surface area contributed by atoms with E-state index in [0.29, 0.717) is 11.4 Å². The lowest BCUT2D eigenvalue weighted by molar-refractivity contribution is -0.134. The Morgan fingerprint density at radius 1 is 1.07 bits per heavy atom. The van der Waals surface area contributed by atoms with Crippen LogP contribution in [0.25, 0.3) is 0 Å². The highest BCUT2D eigenvalue weighted by atomic mass is 32.2. The number of nitrogens with zero attached hydrogens (tertiary/aromatic N) is 1. The summed E-state index contributed by atoms with van der Waals surface area (Å²) in [4.78, 5) is 28.9. The first-order valence-electron chi connectivity index (χ1n) is 10.2. The lowest BCUT2D eigenvalue weighted by Crippen LogP contribution is -2.33. The van der Waals surface area contributed by atoms with Gasteiger partial charge in [0, 0.05) is 22.1 Å². The number of hydrogen-bond donors (Lipinski definition) is 1. The van der Waals surface area contributed by atoms with E-state index in [2.05, 4.69) is 0 Å². The monoisotopic (exact) mass is 427 g/mol. The van der Waals surface area contributed by atoms with Crippen molar-refractivity contribution < 1.29 is 19.4 Å². The number of carbonyl (C=O) groups is 2. The van der Waals surface area contributed by atoms with Gasteiger partial charge in [0.05, 0.1) is 18.1 Å². The highest BCUT2D eigenvalue weighted by molar-refractivity contribution is 7.98. The van der Waals surface area contributed by atoms with Gasteiger partial charge in [0.1, 0.15) is 17.6 Å². The molecule has 1 saturated heterocycles. The Labute approximate surface area is 182 Å². The quantitative estimate of drug-likeness (QED) is 0.660. The molecule has 1 heterocycles. The predicted octanol–water partition coefficient (Wildman–Crippen LogP) is 4.49. The topological polar surface area (TPSA) is 66.8 Å².